The molecule has 0 spiro atoms. The molecule has 0 bridgehead atoms. The fourth-order valence-corrected chi connectivity index (χ4v) is 1.87. The molecule has 1 aromatic carbocycles. The van der Waals surface area contributed by atoms with Gasteiger partial charge in [0.1, 0.15) is 5.82 Å². The van der Waals surface area contributed by atoms with Gasteiger partial charge in [0.25, 0.3) is 0 Å². The molecule has 0 unspecified atom stereocenters. The van der Waals surface area contributed by atoms with Gasteiger partial charge in [-0.05, 0) is 26.0 Å². The number of carbonyl (C=O) groups is 1. The van der Waals surface area contributed by atoms with Gasteiger partial charge in [-0.2, -0.15) is 0 Å². The maximum atomic E-state index is 11.9. The number of aromatic amines is 1. The van der Waals surface area contributed by atoms with E-state index in [0.717, 1.165) is 16.9 Å². The highest BCUT2D eigenvalue weighted by Crippen LogP contribution is 2.12. The van der Waals surface area contributed by atoms with E-state index in [1.807, 2.05) is 24.3 Å². The number of para-hydroxylation sites is 2. The van der Waals surface area contributed by atoms with Crippen LogP contribution in [0.2, 0.25) is 0 Å². The van der Waals surface area contributed by atoms with Gasteiger partial charge >= 0.3 is 0 Å². The lowest BCUT2D eigenvalue weighted by atomic mass is 10.1. The lowest BCUT2D eigenvalue weighted by Crippen LogP contribution is -2.49. The molecule has 96 valence electrons. The van der Waals surface area contributed by atoms with Gasteiger partial charge in [-0.3, -0.25) is 4.79 Å². The number of carbonyl (C=O) groups excluding carboxylic acids is 1. The fourth-order valence-electron chi connectivity index (χ4n) is 1.87. The van der Waals surface area contributed by atoms with Crippen LogP contribution in [0.3, 0.4) is 0 Å². The van der Waals surface area contributed by atoms with Crippen molar-refractivity contribution in [2.24, 2.45) is 5.73 Å². The van der Waals surface area contributed by atoms with Crippen LogP contribution in [0, 0.1) is 0 Å². The first-order valence-electron chi connectivity index (χ1n) is 5.86. The summed E-state index contributed by atoms with van der Waals surface area (Å²) < 4.78 is 0. The van der Waals surface area contributed by atoms with E-state index < -0.39 is 5.54 Å². The molecule has 0 saturated carbocycles. The van der Waals surface area contributed by atoms with Crippen LogP contribution in [0.25, 0.3) is 11.0 Å². The molecule has 0 aliphatic rings. The number of rotatable bonds is 3. The Bertz CT molecular complexity index is 535. The van der Waals surface area contributed by atoms with Crippen molar-refractivity contribution in [2.45, 2.75) is 25.9 Å². The molecule has 5 nitrogen and oxygen atoms in total. The number of likely N-dealkylation sites (N-methyl/N-ethyl adjacent to an activating group) is 1. The van der Waals surface area contributed by atoms with Crippen molar-refractivity contribution in [1.82, 2.24) is 14.9 Å². The zero-order valence-electron chi connectivity index (χ0n) is 10.9. The Labute approximate surface area is 106 Å². The zero-order valence-corrected chi connectivity index (χ0v) is 10.9. The van der Waals surface area contributed by atoms with Gasteiger partial charge in [0.2, 0.25) is 5.91 Å². The summed E-state index contributed by atoms with van der Waals surface area (Å²) in [6.45, 7) is 3.82. The van der Waals surface area contributed by atoms with Crippen molar-refractivity contribution in [3.8, 4) is 0 Å². The lowest BCUT2D eigenvalue weighted by molar-refractivity contribution is -0.135. The van der Waals surface area contributed by atoms with Crippen LogP contribution < -0.4 is 5.73 Å². The molecule has 0 fully saturated rings. The molecule has 0 atom stereocenters. The molecule has 0 aliphatic carbocycles. The zero-order chi connectivity index (χ0) is 13.3. The number of H-pyrrole nitrogens is 1. The van der Waals surface area contributed by atoms with Crippen molar-refractivity contribution in [3.63, 3.8) is 0 Å². The van der Waals surface area contributed by atoms with Gasteiger partial charge in [-0.25, -0.2) is 4.98 Å². The van der Waals surface area contributed by atoms with E-state index in [-0.39, 0.29) is 5.91 Å². The van der Waals surface area contributed by atoms with Crippen LogP contribution in [0.4, 0.5) is 0 Å². The standard InChI is InChI=1S/C13H18N4O/c1-13(2,14)12(18)17(3)8-11-15-9-6-4-5-7-10(9)16-11/h4-7H,8,14H2,1-3H3,(H,15,16). The highest BCUT2D eigenvalue weighted by molar-refractivity contribution is 5.85. The van der Waals surface area contributed by atoms with Crippen LogP contribution in [-0.4, -0.2) is 33.4 Å². The summed E-state index contributed by atoms with van der Waals surface area (Å²) in [5.74, 6) is 0.652. The van der Waals surface area contributed by atoms with E-state index >= 15 is 0 Å². The van der Waals surface area contributed by atoms with Gasteiger partial charge in [0.05, 0.1) is 23.1 Å². The van der Waals surface area contributed by atoms with Crippen LogP contribution in [-0.2, 0) is 11.3 Å². The minimum absolute atomic E-state index is 0.108. The summed E-state index contributed by atoms with van der Waals surface area (Å²) in [4.78, 5) is 21.1. The molecule has 2 rings (SSSR count). The molecule has 1 aromatic heterocycles. The molecule has 1 amide bonds. The third kappa shape index (κ3) is 2.51. The van der Waals surface area contributed by atoms with Gasteiger partial charge < -0.3 is 15.6 Å². The van der Waals surface area contributed by atoms with Crippen LogP contribution in [0.1, 0.15) is 19.7 Å². The SMILES string of the molecule is CN(Cc1nc2ccccc2[nH]1)C(=O)C(C)(C)N. The molecule has 5 heteroatoms. The maximum Gasteiger partial charge on any atom is 0.242 e. The molecule has 0 aliphatic heterocycles. The van der Waals surface area contributed by atoms with E-state index in [9.17, 15) is 4.79 Å². The highest BCUT2D eigenvalue weighted by Gasteiger charge is 2.25. The Hall–Kier alpha value is -1.88. The Morgan fingerprint density at radius 1 is 1.44 bits per heavy atom. The smallest absolute Gasteiger partial charge is 0.242 e. The Morgan fingerprint density at radius 3 is 2.72 bits per heavy atom. The quantitative estimate of drug-likeness (QED) is 0.856. The van der Waals surface area contributed by atoms with Gasteiger partial charge in [-0.1, -0.05) is 12.1 Å². The average molecular weight is 246 g/mol. The number of fused-ring (bicyclic) bond motifs is 1. The minimum atomic E-state index is -0.860. The summed E-state index contributed by atoms with van der Waals surface area (Å²) >= 11 is 0. The lowest BCUT2D eigenvalue weighted by Gasteiger charge is -2.25. The molecule has 18 heavy (non-hydrogen) atoms. The maximum absolute atomic E-state index is 11.9. The van der Waals surface area contributed by atoms with E-state index in [4.69, 9.17) is 5.73 Å². The summed E-state index contributed by atoms with van der Waals surface area (Å²) in [6, 6.07) is 7.78. The molecule has 3 N–H and O–H groups in total. The van der Waals surface area contributed by atoms with Crippen LogP contribution >= 0.6 is 0 Å². The molecule has 0 saturated heterocycles. The predicted octanol–water partition coefficient (Wildman–Crippen LogP) is 1.26. The van der Waals surface area contributed by atoms with Crippen molar-refractivity contribution >= 4 is 16.9 Å². The summed E-state index contributed by atoms with van der Waals surface area (Å²) in [5.41, 5.74) is 6.80. The number of nitrogens with two attached hydrogens (primary N) is 1. The van der Waals surface area contributed by atoms with Gasteiger partial charge in [0.15, 0.2) is 0 Å². The van der Waals surface area contributed by atoms with E-state index in [2.05, 4.69) is 9.97 Å². The van der Waals surface area contributed by atoms with Gasteiger partial charge in [0, 0.05) is 7.05 Å². The summed E-state index contributed by atoms with van der Waals surface area (Å²) in [6.07, 6.45) is 0. The number of hydrogen-bond acceptors (Lipinski definition) is 3. The number of hydrogen-bond donors (Lipinski definition) is 2. The number of nitrogens with one attached hydrogen (secondary N) is 1. The average Bonchev–Trinajstić information content (AvgIpc) is 2.68. The number of nitrogens with zero attached hydrogens (tertiary/aromatic N) is 2. The van der Waals surface area contributed by atoms with Crippen molar-refractivity contribution in [2.75, 3.05) is 7.05 Å². The molecular weight excluding hydrogens is 228 g/mol. The topological polar surface area (TPSA) is 75.0 Å². The van der Waals surface area contributed by atoms with Crippen molar-refractivity contribution in [3.05, 3.63) is 30.1 Å². The molecule has 0 radical (unpaired) electrons. The Morgan fingerprint density at radius 2 is 2.11 bits per heavy atom. The summed E-state index contributed by atoms with van der Waals surface area (Å²) in [5, 5.41) is 0. The first-order chi connectivity index (χ1) is 8.38. The second-order valence-electron chi connectivity index (χ2n) is 5.08. The number of amides is 1. The third-order valence-electron chi connectivity index (χ3n) is 2.72. The first-order valence-corrected chi connectivity index (χ1v) is 5.86. The normalized spacial score (nSPS) is 11.8. The number of benzene rings is 1. The Balaban J connectivity index is 2.16. The second-order valence-corrected chi connectivity index (χ2v) is 5.08. The summed E-state index contributed by atoms with van der Waals surface area (Å²) in [7, 11) is 1.73. The highest BCUT2D eigenvalue weighted by atomic mass is 16.2. The van der Waals surface area contributed by atoms with Crippen molar-refractivity contribution in [1.29, 1.82) is 0 Å². The van der Waals surface area contributed by atoms with E-state index in [1.54, 1.807) is 25.8 Å². The first kappa shape index (κ1) is 12.6. The third-order valence-corrected chi connectivity index (χ3v) is 2.72. The Kier molecular flexibility index (Phi) is 3.09. The minimum Gasteiger partial charge on any atom is -0.340 e. The number of imidazole rings is 1. The second kappa shape index (κ2) is 4.42. The molecule has 2 aromatic rings. The van der Waals surface area contributed by atoms with E-state index in [1.165, 1.54) is 0 Å². The van der Waals surface area contributed by atoms with Crippen LogP contribution in [0.15, 0.2) is 24.3 Å². The van der Waals surface area contributed by atoms with Crippen LogP contribution in [0.5, 0.6) is 0 Å². The largest absolute Gasteiger partial charge is 0.340 e. The number of aromatic nitrogens is 2. The molecular formula is C13H18N4O. The molecule has 1 heterocycles. The van der Waals surface area contributed by atoms with Crippen molar-refractivity contribution < 1.29 is 4.79 Å². The van der Waals surface area contributed by atoms with Gasteiger partial charge in [-0.15, -0.1) is 0 Å². The van der Waals surface area contributed by atoms with E-state index in [0.29, 0.717) is 6.54 Å². The predicted molar refractivity (Wildman–Crippen MR) is 70.8 cm³/mol. The fraction of sp³-hybridized carbons (Fsp3) is 0.385. The monoisotopic (exact) mass is 246 g/mol.